The van der Waals surface area contributed by atoms with Crippen molar-refractivity contribution in [3.63, 3.8) is 0 Å². The van der Waals surface area contributed by atoms with Gasteiger partial charge in [-0.05, 0) is 71.4 Å². The van der Waals surface area contributed by atoms with Gasteiger partial charge in [0.25, 0.3) is 0 Å². The Labute approximate surface area is 125 Å². The van der Waals surface area contributed by atoms with Gasteiger partial charge < -0.3 is 15.3 Å². The summed E-state index contributed by atoms with van der Waals surface area (Å²) in [5.41, 5.74) is -0.0300. The Morgan fingerprint density at radius 2 is 1.85 bits per heavy atom. The average Bonchev–Trinajstić information content (AvgIpc) is 2.54. The number of aliphatic hydroxyl groups is 1. The summed E-state index contributed by atoms with van der Waals surface area (Å²) in [7, 11) is 4.33. The standard InChI is InChI=1S/C17H34N2O/c1-4-14-7-9-15(10-8-14)19(3)16-6-5-11-17(12-16,13-20)18-2/h14-16,18,20H,4-13H2,1-3H3. The molecule has 2 aliphatic carbocycles. The molecule has 118 valence electrons. The molecule has 2 N–H and O–H groups in total. The van der Waals surface area contributed by atoms with Gasteiger partial charge in [-0.2, -0.15) is 0 Å². The minimum absolute atomic E-state index is 0.0300. The van der Waals surface area contributed by atoms with Crippen LogP contribution in [0.15, 0.2) is 0 Å². The molecule has 0 radical (unpaired) electrons. The Morgan fingerprint density at radius 1 is 1.15 bits per heavy atom. The van der Waals surface area contributed by atoms with E-state index >= 15 is 0 Å². The maximum Gasteiger partial charge on any atom is 0.0613 e. The number of likely N-dealkylation sites (N-methyl/N-ethyl adjacent to an activating group) is 1. The molecule has 2 atom stereocenters. The van der Waals surface area contributed by atoms with Crippen molar-refractivity contribution in [1.29, 1.82) is 0 Å². The first-order valence-electron chi connectivity index (χ1n) is 8.66. The second kappa shape index (κ2) is 7.24. The van der Waals surface area contributed by atoms with E-state index in [1.54, 1.807) is 0 Å². The topological polar surface area (TPSA) is 35.5 Å². The van der Waals surface area contributed by atoms with Crippen LogP contribution in [0.4, 0.5) is 0 Å². The van der Waals surface area contributed by atoms with Crippen molar-refractivity contribution in [2.75, 3.05) is 20.7 Å². The molecule has 0 aliphatic heterocycles. The van der Waals surface area contributed by atoms with Gasteiger partial charge in [-0.15, -0.1) is 0 Å². The summed E-state index contributed by atoms with van der Waals surface area (Å²) in [5.74, 6) is 0.972. The van der Waals surface area contributed by atoms with Gasteiger partial charge in [-0.3, -0.25) is 0 Å². The molecule has 0 aromatic rings. The molecule has 0 aromatic heterocycles. The Hall–Kier alpha value is -0.120. The van der Waals surface area contributed by atoms with Gasteiger partial charge in [0.15, 0.2) is 0 Å². The van der Waals surface area contributed by atoms with Crippen molar-refractivity contribution in [2.45, 2.75) is 82.3 Å². The zero-order valence-corrected chi connectivity index (χ0v) is 13.7. The third-order valence-electron chi connectivity index (χ3n) is 6.20. The number of aliphatic hydroxyl groups excluding tert-OH is 1. The predicted octanol–water partition coefficient (Wildman–Crippen LogP) is 2.78. The lowest BCUT2D eigenvalue weighted by molar-refractivity contribution is 0.0426. The van der Waals surface area contributed by atoms with Crippen LogP contribution in [0.3, 0.4) is 0 Å². The van der Waals surface area contributed by atoms with Crippen LogP contribution < -0.4 is 5.32 Å². The van der Waals surface area contributed by atoms with Crippen molar-refractivity contribution in [2.24, 2.45) is 5.92 Å². The van der Waals surface area contributed by atoms with Crippen LogP contribution in [-0.4, -0.2) is 48.3 Å². The predicted molar refractivity (Wildman–Crippen MR) is 84.9 cm³/mol. The van der Waals surface area contributed by atoms with Gasteiger partial charge in [0.2, 0.25) is 0 Å². The fraction of sp³-hybridized carbons (Fsp3) is 1.00. The van der Waals surface area contributed by atoms with E-state index < -0.39 is 0 Å². The van der Waals surface area contributed by atoms with E-state index in [0.29, 0.717) is 6.04 Å². The second-order valence-corrected chi connectivity index (χ2v) is 7.19. The molecule has 2 unspecified atom stereocenters. The van der Waals surface area contributed by atoms with Crippen molar-refractivity contribution >= 4 is 0 Å². The van der Waals surface area contributed by atoms with Crippen LogP contribution in [0.25, 0.3) is 0 Å². The van der Waals surface area contributed by atoms with Crippen molar-refractivity contribution in [1.82, 2.24) is 10.2 Å². The fourth-order valence-electron chi connectivity index (χ4n) is 4.39. The monoisotopic (exact) mass is 282 g/mol. The molecule has 0 aromatic carbocycles. The highest BCUT2D eigenvalue weighted by Crippen LogP contribution is 2.35. The summed E-state index contributed by atoms with van der Waals surface area (Å²) >= 11 is 0. The zero-order chi connectivity index (χ0) is 14.6. The molecule has 0 heterocycles. The molecule has 20 heavy (non-hydrogen) atoms. The lowest BCUT2D eigenvalue weighted by Crippen LogP contribution is -2.55. The van der Waals surface area contributed by atoms with Gasteiger partial charge in [0.1, 0.15) is 0 Å². The fourth-order valence-corrected chi connectivity index (χ4v) is 4.39. The molecule has 0 saturated heterocycles. The van der Waals surface area contributed by atoms with Crippen molar-refractivity contribution < 1.29 is 5.11 Å². The molecule has 2 aliphatic rings. The van der Waals surface area contributed by atoms with Crippen LogP contribution in [-0.2, 0) is 0 Å². The molecule has 2 fully saturated rings. The average molecular weight is 282 g/mol. The van der Waals surface area contributed by atoms with E-state index in [-0.39, 0.29) is 12.1 Å². The van der Waals surface area contributed by atoms with Gasteiger partial charge in [0, 0.05) is 17.6 Å². The molecule has 3 nitrogen and oxygen atoms in total. The highest BCUT2D eigenvalue weighted by Gasteiger charge is 2.37. The third kappa shape index (κ3) is 3.55. The maximum absolute atomic E-state index is 9.74. The molecular formula is C17H34N2O. The summed E-state index contributed by atoms with van der Waals surface area (Å²) < 4.78 is 0. The number of rotatable bonds is 5. The molecule has 0 amide bonds. The Morgan fingerprint density at radius 3 is 2.40 bits per heavy atom. The Bertz CT molecular complexity index is 283. The van der Waals surface area contributed by atoms with Gasteiger partial charge >= 0.3 is 0 Å². The molecule has 2 rings (SSSR count). The van der Waals surface area contributed by atoms with Crippen LogP contribution in [0, 0.1) is 5.92 Å². The highest BCUT2D eigenvalue weighted by atomic mass is 16.3. The van der Waals surface area contributed by atoms with E-state index in [9.17, 15) is 5.11 Å². The summed E-state index contributed by atoms with van der Waals surface area (Å²) in [4.78, 5) is 2.65. The maximum atomic E-state index is 9.74. The van der Waals surface area contributed by atoms with Gasteiger partial charge in [0.05, 0.1) is 6.61 Å². The van der Waals surface area contributed by atoms with Crippen LogP contribution >= 0.6 is 0 Å². The third-order valence-corrected chi connectivity index (χ3v) is 6.20. The number of hydrogen-bond donors (Lipinski definition) is 2. The first kappa shape index (κ1) is 16.3. The summed E-state index contributed by atoms with van der Waals surface area (Å²) in [6.45, 7) is 2.61. The number of hydrogen-bond acceptors (Lipinski definition) is 3. The van der Waals surface area contributed by atoms with E-state index in [1.165, 1.54) is 44.9 Å². The first-order chi connectivity index (χ1) is 9.64. The van der Waals surface area contributed by atoms with Crippen molar-refractivity contribution in [3.05, 3.63) is 0 Å². The van der Waals surface area contributed by atoms with Crippen LogP contribution in [0.1, 0.15) is 64.7 Å². The minimum Gasteiger partial charge on any atom is -0.394 e. The van der Waals surface area contributed by atoms with Gasteiger partial charge in [-0.25, -0.2) is 0 Å². The molecule has 2 saturated carbocycles. The van der Waals surface area contributed by atoms with Crippen LogP contribution in [0.5, 0.6) is 0 Å². The summed E-state index contributed by atoms with van der Waals surface area (Å²) in [5, 5.41) is 13.1. The number of nitrogens with zero attached hydrogens (tertiary/aromatic N) is 1. The van der Waals surface area contributed by atoms with E-state index in [2.05, 4.69) is 24.2 Å². The Balaban J connectivity index is 1.90. The van der Waals surface area contributed by atoms with Crippen molar-refractivity contribution in [3.8, 4) is 0 Å². The van der Waals surface area contributed by atoms with Crippen LogP contribution in [0.2, 0.25) is 0 Å². The quantitative estimate of drug-likeness (QED) is 0.814. The minimum atomic E-state index is -0.0300. The first-order valence-corrected chi connectivity index (χ1v) is 8.66. The summed E-state index contributed by atoms with van der Waals surface area (Å²) in [6, 6.07) is 1.42. The van der Waals surface area contributed by atoms with E-state index in [4.69, 9.17) is 0 Å². The normalized spacial score (nSPS) is 39.1. The van der Waals surface area contributed by atoms with Gasteiger partial charge in [-0.1, -0.05) is 13.3 Å². The van der Waals surface area contributed by atoms with E-state index in [0.717, 1.165) is 24.8 Å². The smallest absolute Gasteiger partial charge is 0.0613 e. The lowest BCUT2D eigenvalue weighted by Gasteiger charge is -2.46. The summed E-state index contributed by atoms with van der Waals surface area (Å²) in [6.07, 6.45) is 11.7. The molecule has 0 bridgehead atoms. The second-order valence-electron chi connectivity index (χ2n) is 7.19. The largest absolute Gasteiger partial charge is 0.394 e. The number of nitrogens with one attached hydrogen (secondary N) is 1. The molecule has 3 heteroatoms. The molecular weight excluding hydrogens is 248 g/mol. The SMILES string of the molecule is CCC1CCC(N(C)C2CCCC(CO)(NC)C2)CC1. The van der Waals surface area contributed by atoms with E-state index in [1.807, 2.05) is 7.05 Å². The highest BCUT2D eigenvalue weighted by molar-refractivity contribution is 4.96. The Kier molecular flexibility index (Phi) is 5.88. The molecule has 0 spiro atoms. The lowest BCUT2D eigenvalue weighted by atomic mass is 9.77. The zero-order valence-electron chi connectivity index (χ0n) is 13.7.